The summed E-state index contributed by atoms with van der Waals surface area (Å²) in [4.78, 5) is 27.3. The van der Waals surface area contributed by atoms with Crippen LogP contribution in [0.2, 0.25) is 10.0 Å². The van der Waals surface area contributed by atoms with Crippen molar-refractivity contribution in [3.63, 3.8) is 0 Å². The molecular weight excluding hydrogens is 442 g/mol. The van der Waals surface area contributed by atoms with Gasteiger partial charge >= 0.3 is 0 Å². The van der Waals surface area contributed by atoms with Crippen molar-refractivity contribution in [2.45, 2.75) is 45.7 Å². The summed E-state index contributed by atoms with van der Waals surface area (Å²) in [6.07, 6.45) is 2.24. The van der Waals surface area contributed by atoms with Crippen LogP contribution >= 0.6 is 23.2 Å². The third-order valence-corrected chi connectivity index (χ3v) is 5.47. The van der Waals surface area contributed by atoms with Crippen molar-refractivity contribution in [3.8, 4) is 5.75 Å². The molecule has 2 amide bonds. The maximum atomic E-state index is 13.1. The largest absolute Gasteiger partial charge is 0.484 e. The van der Waals surface area contributed by atoms with Gasteiger partial charge in [-0.1, -0.05) is 49.5 Å². The fraction of sp³-hybridized carbons (Fsp3) is 0.391. The summed E-state index contributed by atoms with van der Waals surface area (Å²) in [6.45, 7) is 4.32. The van der Waals surface area contributed by atoms with Crippen LogP contribution in [0.1, 0.15) is 38.7 Å². The minimum Gasteiger partial charge on any atom is -0.484 e. The molecule has 0 saturated heterocycles. The molecule has 31 heavy (non-hydrogen) atoms. The molecule has 0 aliphatic carbocycles. The monoisotopic (exact) mass is 468 g/mol. The number of hydrogen-bond acceptors (Lipinski definition) is 3. The Morgan fingerprint density at radius 3 is 2.42 bits per heavy atom. The van der Waals surface area contributed by atoms with E-state index in [1.807, 2.05) is 13.8 Å². The van der Waals surface area contributed by atoms with Crippen molar-refractivity contribution < 1.29 is 18.7 Å². The lowest BCUT2D eigenvalue weighted by Gasteiger charge is -2.30. The van der Waals surface area contributed by atoms with Crippen LogP contribution < -0.4 is 10.1 Å². The molecule has 168 valence electrons. The van der Waals surface area contributed by atoms with Gasteiger partial charge in [0, 0.05) is 13.1 Å². The van der Waals surface area contributed by atoms with Gasteiger partial charge in [0.05, 0.1) is 10.0 Å². The predicted octanol–water partition coefficient (Wildman–Crippen LogP) is 5.24. The predicted molar refractivity (Wildman–Crippen MR) is 121 cm³/mol. The van der Waals surface area contributed by atoms with Crippen LogP contribution in [0.4, 0.5) is 4.39 Å². The highest BCUT2D eigenvalue weighted by Crippen LogP contribution is 2.24. The van der Waals surface area contributed by atoms with E-state index in [0.29, 0.717) is 28.8 Å². The lowest BCUT2D eigenvalue weighted by Crippen LogP contribution is -2.50. The first-order valence-corrected chi connectivity index (χ1v) is 11.0. The summed E-state index contributed by atoms with van der Waals surface area (Å²) in [5.41, 5.74) is 0.740. The number of benzene rings is 2. The molecular formula is C23H27Cl2FN2O3. The first kappa shape index (κ1) is 25.0. The number of nitrogens with one attached hydrogen (secondary N) is 1. The Morgan fingerprint density at radius 2 is 1.81 bits per heavy atom. The van der Waals surface area contributed by atoms with E-state index in [4.69, 9.17) is 27.9 Å². The van der Waals surface area contributed by atoms with Gasteiger partial charge in [0.25, 0.3) is 5.91 Å². The molecule has 0 spiro atoms. The van der Waals surface area contributed by atoms with E-state index in [2.05, 4.69) is 5.32 Å². The molecule has 1 atom stereocenters. The normalized spacial score (nSPS) is 11.6. The van der Waals surface area contributed by atoms with Crippen molar-refractivity contribution >= 4 is 35.0 Å². The number of rotatable bonds is 11. The number of halogens is 3. The van der Waals surface area contributed by atoms with Gasteiger partial charge in [-0.15, -0.1) is 0 Å². The summed E-state index contributed by atoms with van der Waals surface area (Å²) in [5.74, 6) is -0.613. The van der Waals surface area contributed by atoms with Crippen LogP contribution in [-0.4, -0.2) is 35.9 Å². The van der Waals surface area contributed by atoms with Crippen LogP contribution in [0.3, 0.4) is 0 Å². The zero-order valence-electron chi connectivity index (χ0n) is 17.7. The van der Waals surface area contributed by atoms with Crippen molar-refractivity contribution in [1.29, 1.82) is 0 Å². The van der Waals surface area contributed by atoms with E-state index >= 15 is 0 Å². The molecule has 0 heterocycles. The molecule has 0 bridgehead atoms. The molecule has 2 aromatic carbocycles. The minimum absolute atomic E-state index is 0.169. The summed E-state index contributed by atoms with van der Waals surface area (Å²) >= 11 is 12.1. The van der Waals surface area contributed by atoms with E-state index in [1.54, 1.807) is 18.2 Å². The molecule has 5 nitrogen and oxygen atoms in total. The molecule has 0 aliphatic rings. The van der Waals surface area contributed by atoms with Crippen LogP contribution in [0.15, 0.2) is 42.5 Å². The quantitative estimate of drug-likeness (QED) is 0.459. The highest BCUT2D eigenvalue weighted by atomic mass is 35.5. The van der Waals surface area contributed by atoms with Gasteiger partial charge in [-0.3, -0.25) is 9.59 Å². The Hall–Kier alpha value is -2.31. The van der Waals surface area contributed by atoms with Crippen molar-refractivity contribution in [2.75, 3.05) is 13.2 Å². The maximum absolute atomic E-state index is 13.1. The minimum atomic E-state index is -0.671. The molecule has 0 aromatic heterocycles. The average molecular weight is 469 g/mol. The summed E-state index contributed by atoms with van der Waals surface area (Å²) < 4.78 is 18.6. The van der Waals surface area contributed by atoms with Gasteiger partial charge < -0.3 is 15.0 Å². The summed E-state index contributed by atoms with van der Waals surface area (Å²) in [7, 11) is 0. The van der Waals surface area contributed by atoms with Crippen LogP contribution in [0.5, 0.6) is 5.75 Å². The second kappa shape index (κ2) is 12.5. The number of amides is 2. The van der Waals surface area contributed by atoms with Crippen molar-refractivity contribution in [1.82, 2.24) is 10.2 Å². The molecule has 0 radical (unpaired) electrons. The van der Waals surface area contributed by atoms with Gasteiger partial charge in [-0.2, -0.15) is 0 Å². The fourth-order valence-corrected chi connectivity index (χ4v) is 3.34. The topological polar surface area (TPSA) is 58.6 Å². The number of hydrogen-bond donors (Lipinski definition) is 1. The number of ether oxygens (including phenoxy) is 1. The third kappa shape index (κ3) is 7.71. The Balaban J connectivity index is 2.19. The van der Waals surface area contributed by atoms with E-state index in [0.717, 1.165) is 18.4 Å². The Labute approximate surface area is 192 Å². The van der Waals surface area contributed by atoms with Gasteiger partial charge in [0.2, 0.25) is 5.91 Å². The van der Waals surface area contributed by atoms with Crippen LogP contribution in [0.25, 0.3) is 0 Å². The standard InChI is InChI=1S/C23H27Cl2FN2O3/c1-3-5-12-27-23(30)21(4-2)28(14-16-6-11-19(24)20(25)13-16)22(29)15-31-18-9-7-17(26)8-10-18/h6-11,13,21H,3-5,12,14-15H2,1-2H3,(H,27,30)/t21-/m0/s1. The number of unbranched alkanes of at least 4 members (excludes halogenated alkanes) is 1. The van der Waals surface area contributed by atoms with Crippen LogP contribution in [0, 0.1) is 5.82 Å². The Kier molecular flexibility index (Phi) is 10.1. The number of carbonyl (C=O) groups excluding carboxylic acids is 2. The molecule has 1 N–H and O–H groups in total. The molecule has 2 aromatic rings. The first-order valence-electron chi connectivity index (χ1n) is 10.2. The lowest BCUT2D eigenvalue weighted by atomic mass is 10.1. The van der Waals surface area contributed by atoms with Crippen LogP contribution in [-0.2, 0) is 16.1 Å². The Morgan fingerprint density at radius 1 is 1.10 bits per heavy atom. The van der Waals surface area contributed by atoms with E-state index in [-0.39, 0.29) is 25.0 Å². The maximum Gasteiger partial charge on any atom is 0.261 e. The molecule has 0 unspecified atom stereocenters. The summed E-state index contributed by atoms with van der Waals surface area (Å²) in [5, 5.41) is 3.67. The highest BCUT2D eigenvalue weighted by molar-refractivity contribution is 6.42. The molecule has 0 fully saturated rings. The summed E-state index contributed by atoms with van der Waals surface area (Å²) in [6, 6.07) is 9.81. The first-order chi connectivity index (χ1) is 14.8. The molecule has 0 aliphatic heterocycles. The second-order valence-electron chi connectivity index (χ2n) is 7.08. The van der Waals surface area contributed by atoms with Crippen molar-refractivity contribution in [3.05, 3.63) is 63.9 Å². The smallest absolute Gasteiger partial charge is 0.261 e. The van der Waals surface area contributed by atoms with Crippen molar-refractivity contribution in [2.24, 2.45) is 0 Å². The van der Waals surface area contributed by atoms with Gasteiger partial charge in [0.15, 0.2) is 6.61 Å². The lowest BCUT2D eigenvalue weighted by molar-refractivity contribution is -0.143. The average Bonchev–Trinajstić information content (AvgIpc) is 2.75. The molecule has 8 heteroatoms. The third-order valence-electron chi connectivity index (χ3n) is 4.73. The number of nitrogens with zero attached hydrogens (tertiary/aromatic N) is 1. The highest BCUT2D eigenvalue weighted by Gasteiger charge is 2.29. The van der Waals surface area contributed by atoms with E-state index < -0.39 is 11.9 Å². The van der Waals surface area contributed by atoms with Gasteiger partial charge in [-0.05, 0) is 54.8 Å². The zero-order chi connectivity index (χ0) is 22.8. The molecule has 0 saturated carbocycles. The van der Waals surface area contributed by atoms with E-state index in [9.17, 15) is 14.0 Å². The van der Waals surface area contributed by atoms with E-state index in [1.165, 1.54) is 29.2 Å². The zero-order valence-corrected chi connectivity index (χ0v) is 19.2. The second-order valence-corrected chi connectivity index (χ2v) is 7.90. The fourth-order valence-electron chi connectivity index (χ4n) is 3.02. The Bertz CT molecular complexity index is 878. The SMILES string of the molecule is CCCCNC(=O)[C@H](CC)N(Cc1ccc(Cl)c(Cl)c1)C(=O)COc1ccc(F)cc1. The number of carbonyl (C=O) groups is 2. The van der Waals surface area contributed by atoms with Gasteiger partial charge in [-0.25, -0.2) is 4.39 Å². The molecule has 2 rings (SSSR count). The van der Waals surface area contributed by atoms with Gasteiger partial charge in [0.1, 0.15) is 17.6 Å².